The zero-order valence-electron chi connectivity index (χ0n) is 13.7. The quantitative estimate of drug-likeness (QED) is 0.487. The number of Topliss-reactive ketones (excluding diaryl/α,β-unsaturated/α-hetero) is 1. The summed E-state index contributed by atoms with van der Waals surface area (Å²) in [7, 11) is 1.18. The minimum absolute atomic E-state index is 0.255. The lowest BCUT2D eigenvalue weighted by atomic mass is 10.0. The van der Waals surface area contributed by atoms with Crippen LogP contribution in [0.15, 0.2) is 24.3 Å². The van der Waals surface area contributed by atoms with E-state index in [-0.39, 0.29) is 12.2 Å². The lowest BCUT2D eigenvalue weighted by Crippen LogP contribution is -2.45. The highest BCUT2D eigenvalue weighted by Gasteiger charge is 2.27. The molecule has 126 valence electrons. The van der Waals surface area contributed by atoms with Gasteiger partial charge in [-0.05, 0) is 32.9 Å². The number of carbonyl (C=O) groups is 3. The number of hydrogen-bond donors (Lipinski definition) is 2. The van der Waals surface area contributed by atoms with Crippen molar-refractivity contribution in [1.82, 2.24) is 5.32 Å². The van der Waals surface area contributed by atoms with E-state index in [4.69, 9.17) is 10.5 Å². The van der Waals surface area contributed by atoms with Crippen LogP contribution in [0.3, 0.4) is 0 Å². The summed E-state index contributed by atoms with van der Waals surface area (Å²) in [5.41, 5.74) is 5.70. The van der Waals surface area contributed by atoms with Gasteiger partial charge in [-0.25, -0.2) is 9.59 Å². The standard InChI is InChI=1S/C16H22N2O5/c1-16(2,3)23-15(21)18-12(14(20)22-4)9-13(19)10-6-5-7-11(17)8-10/h5-8,12H,9,17H2,1-4H3,(H,18,21)/t12-/m0/s1. The Morgan fingerprint density at radius 1 is 1.26 bits per heavy atom. The summed E-state index contributed by atoms with van der Waals surface area (Å²) in [6.07, 6.45) is -1.05. The van der Waals surface area contributed by atoms with Gasteiger partial charge in [0.25, 0.3) is 0 Å². The number of benzene rings is 1. The maximum atomic E-state index is 12.2. The molecule has 0 unspecified atom stereocenters. The number of rotatable bonds is 5. The molecule has 7 nitrogen and oxygen atoms in total. The first kappa shape index (κ1) is 18.5. The van der Waals surface area contributed by atoms with Gasteiger partial charge >= 0.3 is 12.1 Å². The van der Waals surface area contributed by atoms with E-state index in [9.17, 15) is 14.4 Å². The first-order valence-corrected chi connectivity index (χ1v) is 7.08. The lowest BCUT2D eigenvalue weighted by molar-refractivity contribution is -0.143. The number of nitrogen functional groups attached to an aromatic ring is 1. The van der Waals surface area contributed by atoms with Crippen molar-refractivity contribution in [2.75, 3.05) is 12.8 Å². The molecule has 0 bridgehead atoms. The van der Waals surface area contributed by atoms with Crippen molar-refractivity contribution in [3.8, 4) is 0 Å². The number of hydrogen-bond acceptors (Lipinski definition) is 6. The predicted molar refractivity (Wildman–Crippen MR) is 85.0 cm³/mol. The van der Waals surface area contributed by atoms with Crippen LogP contribution in [0, 0.1) is 0 Å². The van der Waals surface area contributed by atoms with Crippen LogP contribution in [0.4, 0.5) is 10.5 Å². The van der Waals surface area contributed by atoms with Gasteiger partial charge in [0.15, 0.2) is 5.78 Å². The van der Waals surface area contributed by atoms with Crippen LogP contribution in [0.2, 0.25) is 0 Å². The van der Waals surface area contributed by atoms with Crippen LogP contribution in [0.25, 0.3) is 0 Å². The highest BCUT2D eigenvalue weighted by atomic mass is 16.6. The van der Waals surface area contributed by atoms with Crippen molar-refractivity contribution in [3.05, 3.63) is 29.8 Å². The SMILES string of the molecule is COC(=O)[C@H](CC(=O)c1cccc(N)c1)NC(=O)OC(C)(C)C. The normalized spacial score (nSPS) is 12.2. The van der Waals surface area contributed by atoms with Crippen LogP contribution in [-0.2, 0) is 14.3 Å². The van der Waals surface area contributed by atoms with Crippen molar-refractivity contribution in [2.24, 2.45) is 0 Å². The molecular formula is C16H22N2O5. The van der Waals surface area contributed by atoms with Crippen molar-refractivity contribution in [2.45, 2.75) is 38.8 Å². The molecule has 0 saturated heterocycles. The highest BCUT2D eigenvalue weighted by Crippen LogP contribution is 2.12. The number of ether oxygens (including phenoxy) is 2. The van der Waals surface area contributed by atoms with Crippen molar-refractivity contribution >= 4 is 23.5 Å². The van der Waals surface area contributed by atoms with Gasteiger partial charge in [-0.1, -0.05) is 12.1 Å². The Morgan fingerprint density at radius 2 is 1.91 bits per heavy atom. The molecule has 23 heavy (non-hydrogen) atoms. The number of carbonyl (C=O) groups excluding carboxylic acids is 3. The molecule has 0 aliphatic heterocycles. The highest BCUT2D eigenvalue weighted by molar-refractivity contribution is 6.00. The van der Waals surface area contributed by atoms with Gasteiger partial charge < -0.3 is 20.5 Å². The molecule has 0 aliphatic carbocycles. The molecule has 1 rings (SSSR count). The number of amides is 1. The third kappa shape index (κ3) is 6.37. The molecule has 0 aromatic heterocycles. The summed E-state index contributed by atoms with van der Waals surface area (Å²) in [5.74, 6) is -1.07. The summed E-state index contributed by atoms with van der Waals surface area (Å²) < 4.78 is 9.70. The second-order valence-corrected chi connectivity index (χ2v) is 5.97. The third-order valence-corrected chi connectivity index (χ3v) is 2.77. The fourth-order valence-corrected chi connectivity index (χ4v) is 1.80. The largest absolute Gasteiger partial charge is 0.467 e. The summed E-state index contributed by atoms with van der Waals surface area (Å²) in [6, 6.07) is 5.23. The Bertz CT molecular complexity index is 592. The van der Waals surface area contributed by atoms with Gasteiger partial charge in [0.05, 0.1) is 7.11 Å². The van der Waals surface area contributed by atoms with E-state index in [1.807, 2.05) is 0 Å². The number of alkyl carbamates (subject to hydrolysis) is 1. The molecule has 1 aromatic rings. The predicted octanol–water partition coefficient (Wildman–Crippen LogP) is 1.91. The van der Waals surface area contributed by atoms with E-state index in [0.717, 1.165) is 0 Å². The number of ketones is 1. The lowest BCUT2D eigenvalue weighted by Gasteiger charge is -2.22. The molecule has 0 spiro atoms. The van der Waals surface area contributed by atoms with Crippen molar-refractivity contribution in [1.29, 1.82) is 0 Å². The maximum Gasteiger partial charge on any atom is 0.408 e. The smallest absolute Gasteiger partial charge is 0.408 e. The van der Waals surface area contributed by atoms with E-state index >= 15 is 0 Å². The number of nitrogens with one attached hydrogen (secondary N) is 1. The summed E-state index contributed by atoms with van der Waals surface area (Å²) in [4.78, 5) is 35.8. The molecule has 3 N–H and O–H groups in total. The summed E-state index contributed by atoms with van der Waals surface area (Å²) in [5, 5.41) is 2.35. The van der Waals surface area contributed by atoms with Crippen LogP contribution in [0.1, 0.15) is 37.6 Å². The third-order valence-electron chi connectivity index (χ3n) is 2.77. The van der Waals surface area contributed by atoms with Gasteiger partial charge in [0, 0.05) is 17.7 Å². The van der Waals surface area contributed by atoms with Gasteiger partial charge in [0.2, 0.25) is 0 Å². The van der Waals surface area contributed by atoms with Crippen LogP contribution >= 0.6 is 0 Å². The molecule has 0 saturated carbocycles. The molecule has 1 atom stereocenters. The first-order valence-electron chi connectivity index (χ1n) is 7.08. The fourth-order valence-electron chi connectivity index (χ4n) is 1.80. The minimum atomic E-state index is -1.14. The molecule has 1 amide bonds. The number of nitrogens with two attached hydrogens (primary N) is 1. The zero-order valence-corrected chi connectivity index (χ0v) is 13.7. The Kier molecular flexibility index (Phi) is 6.12. The van der Waals surface area contributed by atoms with Gasteiger partial charge in [-0.2, -0.15) is 0 Å². The second kappa shape index (κ2) is 7.62. The zero-order chi connectivity index (χ0) is 17.6. The molecule has 0 aliphatic rings. The van der Waals surface area contributed by atoms with E-state index < -0.39 is 23.7 Å². The average molecular weight is 322 g/mol. The second-order valence-electron chi connectivity index (χ2n) is 5.97. The van der Waals surface area contributed by atoms with Crippen LogP contribution in [0.5, 0.6) is 0 Å². The first-order chi connectivity index (χ1) is 10.6. The molecule has 1 aromatic carbocycles. The van der Waals surface area contributed by atoms with Crippen LogP contribution in [-0.4, -0.2) is 36.6 Å². The maximum absolute atomic E-state index is 12.2. The van der Waals surface area contributed by atoms with E-state index in [2.05, 4.69) is 10.1 Å². The Hall–Kier alpha value is -2.57. The van der Waals surface area contributed by atoms with E-state index in [1.165, 1.54) is 13.2 Å². The van der Waals surface area contributed by atoms with E-state index in [1.54, 1.807) is 39.0 Å². The Labute approximate surface area is 135 Å². The van der Waals surface area contributed by atoms with Gasteiger partial charge in [-0.15, -0.1) is 0 Å². The van der Waals surface area contributed by atoms with E-state index in [0.29, 0.717) is 11.3 Å². The monoisotopic (exact) mass is 322 g/mol. The number of esters is 1. The van der Waals surface area contributed by atoms with Crippen LogP contribution < -0.4 is 11.1 Å². The van der Waals surface area contributed by atoms with Gasteiger partial charge in [0.1, 0.15) is 11.6 Å². The summed E-state index contributed by atoms with van der Waals surface area (Å²) >= 11 is 0. The molecule has 0 fully saturated rings. The van der Waals surface area contributed by atoms with Crippen molar-refractivity contribution < 1.29 is 23.9 Å². The Morgan fingerprint density at radius 3 is 2.43 bits per heavy atom. The van der Waals surface area contributed by atoms with Gasteiger partial charge in [-0.3, -0.25) is 4.79 Å². The average Bonchev–Trinajstić information content (AvgIpc) is 2.43. The summed E-state index contributed by atoms with van der Waals surface area (Å²) in [6.45, 7) is 5.08. The molecule has 7 heteroatoms. The molecular weight excluding hydrogens is 300 g/mol. The molecule has 0 radical (unpaired) electrons. The topological polar surface area (TPSA) is 108 Å². The van der Waals surface area contributed by atoms with Crippen molar-refractivity contribution in [3.63, 3.8) is 0 Å². The number of methoxy groups -OCH3 is 1. The fraction of sp³-hybridized carbons (Fsp3) is 0.438. The number of anilines is 1. The minimum Gasteiger partial charge on any atom is -0.467 e. The Balaban J connectivity index is 2.81. The molecule has 0 heterocycles.